The number of aromatic nitrogens is 3. The molecule has 0 atom stereocenters. The fourth-order valence-electron chi connectivity index (χ4n) is 3.53. The summed E-state index contributed by atoms with van der Waals surface area (Å²) in [5, 5.41) is 2.79. The molecule has 0 aliphatic carbocycles. The van der Waals surface area contributed by atoms with Crippen LogP contribution in [0.15, 0.2) is 36.7 Å². The Kier molecular flexibility index (Phi) is 5.62. The molecule has 4 heterocycles. The van der Waals surface area contributed by atoms with Crippen molar-refractivity contribution < 1.29 is 19.0 Å². The first-order valence-electron chi connectivity index (χ1n) is 9.62. The second kappa shape index (κ2) is 8.48. The highest BCUT2D eigenvalue weighted by Gasteiger charge is 2.19. The predicted molar refractivity (Wildman–Crippen MR) is 108 cm³/mol. The molecule has 1 fully saturated rings. The summed E-state index contributed by atoms with van der Waals surface area (Å²) in [6.45, 7) is 1.63. The Labute approximate surface area is 168 Å². The van der Waals surface area contributed by atoms with Crippen molar-refractivity contribution in [2.24, 2.45) is 5.92 Å². The number of rotatable bonds is 6. The zero-order valence-corrected chi connectivity index (χ0v) is 16.6. The molecule has 8 heteroatoms. The average molecular weight is 396 g/mol. The number of ether oxygens (including phenoxy) is 3. The van der Waals surface area contributed by atoms with Crippen LogP contribution in [0.5, 0.6) is 11.6 Å². The molecule has 1 aliphatic heterocycles. The van der Waals surface area contributed by atoms with Crippen LogP contribution in [-0.2, 0) is 11.2 Å². The first kappa shape index (κ1) is 19.2. The number of carbonyl (C=O) groups excluding carboxylic acids is 1. The minimum atomic E-state index is -0.316. The van der Waals surface area contributed by atoms with E-state index in [1.807, 2.05) is 10.6 Å². The molecule has 0 unspecified atom stereocenters. The van der Waals surface area contributed by atoms with Crippen LogP contribution in [0, 0.1) is 5.92 Å². The summed E-state index contributed by atoms with van der Waals surface area (Å²) < 4.78 is 17.8. The average Bonchev–Trinajstić information content (AvgIpc) is 3.14. The van der Waals surface area contributed by atoms with Gasteiger partial charge in [-0.3, -0.25) is 4.79 Å². The zero-order valence-electron chi connectivity index (χ0n) is 16.6. The van der Waals surface area contributed by atoms with Crippen LogP contribution in [0.3, 0.4) is 0 Å². The number of imidazole rings is 1. The molecular formula is C21H24N4O4. The van der Waals surface area contributed by atoms with Gasteiger partial charge in [-0.05, 0) is 31.2 Å². The number of nitrogens with one attached hydrogen (secondary N) is 1. The highest BCUT2D eigenvalue weighted by Crippen LogP contribution is 2.25. The van der Waals surface area contributed by atoms with E-state index in [0.29, 0.717) is 28.9 Å². The molecule has 0 radical (unpaired) electrons. The van der Waals surface area contributed by atoms with E-state index in [9.17, 15) is 4.79 Å². The van der Waals surface area contributed by atoms with Gasteiger partial charge in [0.05, 0.1) is 25.5 Å². The lowest BCUT2D eigenvalue weighted by atomic mass is 9.95. The molecule has 0 aromatic carbocycles. The van der Waals surface area contributed by atoms with Gasteiger partial charge < -0.3 is 23.9 Å². The van der Waals surface area contributed by atoms with Gasteiger partial charge in [0.15, 0.2) is 0 Å². The monoisotopic (exact) mass is 396 g/mol. The fourth-order valence-corrected chi connectivity index (χ4v) is 3.53. The molecule has 3 aromatic heterocycles. The standard InChI is InChI=1S/C21H24N4O4/c1-27-17-11-19-22-15(10-14-6-8-29-9-7-14)12-25(19)13-16(17)21(26)24-18-4-3-5-20(23-18)28-2/h3-5,11-14H,6-10H2,1-2H3,(H,23,24,26). The lowest BCUT2D eigenvalue weighted by Crippen LogP contribution is -2.17. The maximum absolute atomic E-state index is 12.8. The number of pyridine rings is 2. The molecule has 1 N–H and O–H groups in total. The van der Waals surface area contributed by atoms with Crippen molar-refractivity contribution in [1.82, 2.24) is 14.4 Å². The van der Waals surface area contributed by atoms with Gasteiger partial charge in [0.1, 0.15) is 17.2 Å². The smallest absolute Gasteiger partial charge is 0.262 e. The minimum Gasteiger partial charge on any atom is -0.496 e. The Morgan fingerprint density at radius 2 is 2.03 bits per heavy atom. The molecule has 0 saturated carbocycles. The summed E-state index contributed by atoms with van der Waals surface area (Å²) in [4.78, 5) is 21.8. The molecule has 0 spiro atoms. The van der Waals surface area contributed by atoms with Gasteiger partial charge in [0.25, 0.3) is 5.91 Å². The van der Waals surface area contributed by atoms with E-state index in [-0.39, 0.29) is 5.91 Å². The van der Waals surface area contributed by atoms with Crippen LogP contribution in [0.1, 0.15) is 28.9 Å². The molecule has 1 aliphatic rings. The van der Waals surface area contributed by atoms with E-state index in [2.05, 4.69) is 10.3 Å². The molecule has 152 valence electrons. The van der Waals surface area contributed by atoms with Crippen molar-refractivity contribution >= 4 is 17.4 Å². The highest BCUT2D eigenvalue weighted by atomic mass is 16.5. The van der Waals surface area contributed by atoms with E-state index < -0.39 is 0 Å². The predicted octanol–water partition coefficient (Wildman–Crippen LogP) is 2.97. The van der Waals surface area contributed by atoms with Crippen LogP contribution >= 0.6 is 0 Å². The summed E-state index contributed by atoms with van der Waals surface area (Å²) in [7, 11) is 3.07. The number of methoxy groups -OCH3 is 2. The van der Waals surface area contributed by atoms with Gasteiger partial charge in [0, 0.05) is 37.7 Å². The van der Waals surface area contributed by atoms with Gasteiger partial charge in [0.2, 0.25) is 5.88 Å². The second-order valence-corrected chi connectivity index (χ2v) is 7.03. The number of fused-ring (bicyclic) bond motifs is 1. The maximum atomic E-state index is 12.8. The van der Waals surface area contributed by atoms with Crippen molar-refractivity contribution in [2.45, 2.75) is 19.3 Å². The van der Waals surface area contributed by atoms with E-state index >= 15 is 0 Å². The van der Waals surface area contributed by atoms with Gasteiger partial charge >= 0.3 is 0 Å². The third-order valence-electron chi connectivity index (χ3n) is 5.08. The third-order valence-corrected chi connectivity index (χ3v) is 5.08. The number of nitrogens with zero attached hydrogens (tertiary/aromatic N) is 3. The van der Waals surface area contributed by atoms with Gasteiger partial charge in [-0.25, -0.2) is 4.98 Å². The van der Waals surface area contributed by atoms with Crippen LogP contribution in [-0.4, -0.2) is 47.7 Å². The summed E-state index contributed by atoms with van der Waals surface area (Å²) in [5.74, 6) is 1.56. The highest BCUT2D eigenvalue weighted by molar-refractivity contribution is 6.05. The van der Waals surface area contributed by atoms with Crippen LogP contribution in [0.4, 0.5) is 5.82 Å². The van der Waals surface area contributed by atoms with Gasteiger partial charge in [-0.1, -0.05) is 6.07 Å². The largest absolute Gasteiger partial charge is 0.496 e. The minimum absolute atomic E-state index is 0.316. The van der Waals surface area contributed by atoms with Crippen molar-refractivity contribution in [2.75, 3.05) is 32.8 Å². The van der Waals surface area contributed by atoms with Crippen LogP contribution < -0.4 is 14.8 Å². The Bertz CT molecular complexity index is 1010. The van der Waals surface area contributed by atoms with Crippen LogP contribution in [0.2, 0.25) is 0 Å². The van der Waals surface area contributed by atoms with Crippen LogP contribution in [0.25, 0.3) is 5.65 Å². The van der Waals surface area contributed by atoms with Crippen molar-refractivity contribution in [1.29, 1.82) is 0 Å². The Hall–Kier alpha value is -3.13. The van der Waals surface area contributed by atoms with E-state index in [0.717, 1.165) is 43.8 Å². The SMILES string of the molecule is COc1cccc(NC(=O)c2cn3cc(CC4CCOCC4)nc3cc2OC)n1. The second-order valence-electron chi connectivity index (χ2n) is 7.03. The first-order valence-corrected chi connectivity index (χ1v) is 9.62. The number of hydrogen-bond donors (Lipinski definition) is 1. The van der Waals surface area contributed by atoms with Crippen molar-refractivity contribution in [3.05, 3.63) is 47.9 Å². The molecule has 8 nitrogen and oxygen atoms in total. The Morgan fingerprint density at radius 1 is 1.21 bits per heavy atom. The molecule has 29 heavy (non-hydrogen) atoms. The number of amides is 1. The molecule has 1 amide bonds. The topological polar surface area (TPSA) is 87.0 Å². The fraction of sp³-hybridized carbons (Fsp3) is 0.381. The van der Waals surface area contributed by atoms with E-state index in [1.165, 1.54) is 14.2 Å². The molecule has 0 bridgehead atoms. The first-order chi connectivity index (χ1) is 14.2. The quantitative estimate of drug-likeness (QED) is 0.689. The number of anilines is 1. The Balaban J connectivity index is 1.58. The van der Waals surface area contributed by atoms with Crippen molar-refractivity contribution in [3.8, 4) is 11.6 Å². The summed E-state index contributed by atoms with van der Waals surface area (Å²) in [5.41, 5.74) is 2.16. The molecule has 3 aromatic rings. The number of hydrogen-bond acceptors (Lipinski definition) is 6. The Morgan fingerprint density at radius 3 is 2.79 bits per heavy atom. The number of carbonyl (C=O) groups is 1. The normalized spacial score (nSPS) is 14.7. The maximum Gasteiger partial charge on any atom is 0.262 e. The molecular weight excluding hydrogens is 372 g/mol. The van der Waals surface area contributed by atoms with Crippen molar-refractivity contribution in [3.63, 3.8) is 0 Å². The van der Waals surface area contributed by atoms with Gasteiger partial charge in [-0.2, -0.15) is 4.98 Å². The molecule has 4 rings (SSSR count). The van der Waals surface area contributed by atoms with E-state index in [1.54, 1.807) is 30.5 Å². The van der Waals surface area contributed by atoms with E-state index in [4.69, 9.17) is 19.2 Å². The third kappa shape index (κ3) is 4.32. The molecule has 1 saturated heterocycles. The lowest BCUT2D eigenvalue weighted by molar-refractivity contribution is 0.0663. The summed E-state index contributed by atoms with van der Waals surface area (Å²) >= 11 is 0. The lowest BCUT2D eigenvalue weighted by Gasteiger charge is -2.20. The summed E-state index contributed by atoms with van der Waals surface area (Å²) in [6.07, 6.45) is 6.73. The van der Waals surface area contributed by atoms with Gasteiger partial charge in [-0.15, -0.1) is 0 Å². The summed E-state index contributed by atoms with van der Waals surface area (Å²) in [6, 6.07) is 6.96. The zero-order chi connectivity index (χ0) is 20.2.